The van der Waals surface area contributed by atoms with E-state index in [0.29, 0.717) is 6.42 Å². The summed E-state index contributed by atoms with van der Waals surface area (Å²) < 4.78 is 0. The van der Waals surface area contributed by atoms with E-state index in [1.807, 2.05) is 0 Å². The zero-order valence-corrected chi connectivity index (χ0v) is 8.18. The van der Waals surface area contributed by atoms with Crippen LogP contribution in [0.4, 0.5) is 0 Å². The highest BCUT2D eigenvalue weighted by Gasteiger charge is 2.22. The van der Waals surface area contributed by atoms with Gasteiger partial charge < -0.3 is 9.69 Å². The Morgan fingerprint density at radius 3 is 2.42 bits per heavy atom. The van der Waals surface area contributed by atoms with E-state index in [1.165, 1.54) is 25.9 Å². The van der Waals surface area contributed by atoms with Crippen LogP contribution in [0.3, 0.4) is 0 Å². The lowest BCUT2D eigenvalue weighted by Crippen LogP contribution is -2.32. The summed E-state index contributed by atoms with van der Waals surface area (Å²) in [5, 5.41) is 0. The normalized spacial score (nSPS) is 19.8. The molecule has 0 aromatic heterocycles. The second-order valence-corrected chi connectivity index (χ2v) is 4.52. The van der Waals surface area contributed by atoms with E-state index in [-0.39, 0.29) is 5.41 Å². The Morgan fingerprint density at radius 1 is 1.33 bits per heavy atom. The van der Waals surface area contributed by atoms with E-state index in [9.17, 15) is 4.79 Å². The molecule has 0 amide bonds. The van der Waals surface area contributed by atoms with Gasteiger partial charge in [-0.05, 0) is 31.3 Å². The van der Waals surface area contributed by atoms with E-state index in [4.69, 9.17) is 0 Å². The van der Waals surface area contributed by atoms with E-state index >= 15 is 0 Å². The third-order valence-electron chi connectivity index (χ3n) is 2.49. The van der Waals surface area contributed by atoms with Crippen molar-refractivity contribution in [3.8, 4) is 0 Å². The molecule has 1 aliphatic heterocycles. The van der Waals surface area contributed by atoms with E-state index in [1.54, 1.807) is 0 Å². The van der Waals surface area contributed by atoms with Gasteiger partial charge in [-0.2, -0.15) is 0 Å². The van der Waals surface area contributed by atoms with Crippen LogP contribution in [0.2, 0.25) is 0 Å². The van der Waals surface area contributed by atoms with E-state index in [0.717, 1.165) is 12.8 Å². The van der Waals surface area contributed by atoms with Crippen LogP contribution in [0.5, 0.6) is 0 Å². The van der Waals surface area contributed by atoms with Gasteiger partial charge in [0.15, 0.2) is 0 Å². The van der Waals surface area contributed by atoms with Crippen LogP contribution in [0, 0.1) is 5.41 Å². The topological polar surface area (TPSA) is 20.3 Å². The summed E-state index contributed by atoms with van der Waals surface area (Å²) in [4.78, 5) is 12.8. The molecular weight excluding hydrogens is 150 g/mol. The van der Waals surface area contributed by atoms with Crippen molar-refractivity contribution in [3.05, 3.63) is 0 Å². The van der Waals surface area contributed by atoms with Crippen molar-refractivity contribution in [1.29, 1.82) is 0 Å². The van der Waals surface area contributed by atoms with Crippen molar-refractivity contribution in [2.45, 2.75) is 33.1 Å². The molecular formula is C10H19NO. The lowest BCUT2D eigenvalue weighted by atomic mass is 9.89. The Hall–Kier alpha value is -0.370. The zero-order valence-electron chi connectivity index (χ0n) is 8.18. The number of rotatable bonds is 4. The Bertz CT molecular complexity index is 148. The molecule has 1 rings (SSSR count). The first-order chi connectivity index (χ1) is 5.64. The fourth-order valence-corrected chi connectivity index (χ4v) is 1.84. The van der Waals surface area contributed by atoms with Crippen LogP contribution in [0.15, 0.2) is 0 Å². The van der Waals surface area contributed by atoms with Gasteiger partial charge in [-0.15, -0.1) is 0 Å². The van der Waals surface area contributed by atoms with Gasteiger partial charge in [0.1, 0.15) is 6.29 Å². The summed E-state index contributed by atoms with van der Waals surface area (Å²) in [7, 11) is 0. The lowest BCUT2D eigenvalue weighted by Gasteiger charge is -2.28. The summed E-state index contributed by atoms with van der Waals surface area (Å²) in [6.45, 7) is 7.86. The summed E-state index contributed by atoms with van der Waals surface area (Å²) >= 11 is 0. The summed E-state index contributed by atoms with van der Waals surface area (Å²) in [5.74, 6) is 0. The Balaban J connectivity index is 2.31. The molecule has 0 aliphatic carbocycles. The molecule has 1 heterocycles. The van der Waals surface area contributed by atoms with Crippen LogP contribution in [0.25, 0.3) is 0 Å². The molecule has 70 valence electrons. The molecule has 2 nitrogen and oxygen atoms in total. The average Bonchev–Trinajstić information content (AvgIpc) is 2.38. The third-order valence-corrected chi connectivity index (χ3v) is 2.49. The van der Waals surface area contributed by atoms with Crippen molar-refractivity contribution in [2.24, 2.45) is 5.41 Å². The number of likely N-dealkylation sites (tertiary alicyclic amines) is 1. The van der Waals surface area contributed by atoms with Gasteiger partial charge >= 0.3 is 0 Å². The first-order valence-corrected chi connectivity index (χ1v) is 4.80. The number of hydrogen-bond acceptors (Lipinski definition) is 2. The quantitative estimate of drug-likeness (QED) is 0.597. The minimum absolute atomic E-state index is 0.173. The Labute approximate surface area is 74.9 Å². The highest BCUT2D eigenvalue weighted by Crippen LogP contribution is 2.22. The van der Waals surface area contributed by atoms with Crippen LogP contribution in [0.1, 0.15) is 33.1 Å². The molecule has 1 saturated heterocycles. The molecule has 0 saturated carbocycles. The SMILES string of the molecule is CC(C)(CC=O)CN1CCCC1. The summed E-state index contributed by atoms with van der Waals surface area (Å²) in [5.41, 5.74) is 0.173. The van der Waals surface area contributed by atoms with Gasteiger partial charge in [0.25, 0.3) is 0 Å². The number of aldehydes is 1. The molecule has 0 atom stereocenters. The maximum Gasteiger partial charge on any atom is 0.120 e. The highest BCUT2D eigenvalue weighted by molar-refractivity contribution is 5.50. The van der Waals surface area contributed by atoms with Crippen molar-refractivity contribution in [3.63, 3.8) is 0 Å². The molecule has 0 aromatic carbocycles. The van der Waals surface area contributed by atoms with E-state index in [2.05, 4.69) is 18.7 Å². The van der Waals surface area contributed by atoms with Crippen molar-refractivity contribution in [1.82, 2.24) is 4.90 Å². The molecule has 1 fully saturated rings. The number of carbonyl (C=O) groups is 1. The van der Waals surface area contributed by atoms with E-state index < -0.39 is 0 Å². The number of nitrogens with zero attached hydrogens (tertiary/aromatic N) is 1. The van der Waals surface area contributed by atoms with Gasteiger partial charge in [0.05, 0.1) is 0 Å². The summed E-state index contributed by atoms with van der Waals surface area (Å²) in [6.07, 6.45) is 4.38. The van der Waals surface area contributed by atoms with Gasteiger partial charge in [0.2, 0.25) is 0 Å². The minimum atomic E-state index is 0.173. The molecule has 0 aromatic rings. The van der Waals surface area contributed by atoms with Gasteiger partial charge in [-0.1, -0.05) is 13.8 Å². The molecule has 0 unspecified atom stereocenters. The molecule has 0 spiro atoms. The van der Waals surface area contributed by atoms with Gasteiger partial charge in [-0.25, -0.2) is 0 Å². The van der Waals surface area contributed by atoms with Crippen LogP contribution >= 0.6 is 0 Å². The van der Waals surface area contributed by atoms with Crippen molar-refractivity contribution >= 4 is 6.29 Å². The smallest absolute Gasteiger partial charge is 0.120 e. The van der Waals surface area contributed by atoms with Crippen molar-refractivity contribution < 1.29 is 4.79 Å². The minimum Gasteiger partial charge on any atom is -0.303 e. The molecule has 0 N–H and O–H groups in total. The largest absolute Gasteiger partial charge is 0.303 e. The van der Waals surface area contributed by atoms with Gasteiger partial charge in [-0.3, -0.25) is 0 Å². The third kappa shape index (κ3) is 2.94. The molecule has 0 bridgehead atoms. The predicted octanol–water partition coefficient (Wildman–Crippen LogP) is 1.70. The fraction of sp³-hybridized carbons (Fsp3) is 0.900. The molecule has 0 radical (unpaired) electrons. The van der Waals surface area contributed by atoms with Crippen LogP contribution in [-0.4, -0.2) is 30.8 Å². The first kappa shape index (κ1) is 9.72. The zero-order chi connectivity index (χ0) is 9.03. The first-order valence-electron chi connectivity index (χ1n) is 4.80. The maximum atomic E-state index is 10.4. The van der Waals surface area contributed by atoms with Gasteiger partial charge in [0, 0.05) is 13.0 Å². The maximum absolute atomic E-state index is 10.4. The highest BCUT2D eigenvalue weighted by atomic mass is 16.1. The molecule has 2 heteroatoms. The monoisotopic (exact) mass is 169 g/mol. The average molecular weight is 169 g/mol. The molecule has 12 heavy (non-hydrogen) atoms. The van der Waals surface area contributed by atoms with Crippen LogP contribution in [-0.2, 0) is 4.79 Å². The molecule has 1 aliphatic rings. The van der Waals surface area contributed by atoms with Crippen molar-refractivity contribution in [2.75, 3.05) is 19.6 Å². The second kappa shape index (κ2) is 4.04. The number of carbonyl (C=O) groups excluding carboxylic acids is 1. The second-order valence-electron chi connectivity index (χ2n) is 4.52. The number of hydrogen-bond donors (Lipinski definition) is 0. The Kier molecular flexibility index (Phi) is 3.27. The lowest BCUT2D eigenvalue weighted by molar-refractivity contribution is -0.109. The predicted molar refractivity (Wildman–Crippen MR) is 50.1 cm³/mol. The summed E-state index contributed by atoms with van der Waals surface area (Å²) in [6, 6.07) is 0. The fourth-order valence-electron chi connectivity index (χ4n) is 1.84. The van der Waals surface area contributed by atoms with Crippen LogP contribution < -0.4 is 0 Å². The Morgan fingerprint density at radius 2 is 1.92 bits per heavy atom. The standard InChI is InChI=1S/C10H19NO/c1-10(2,5-8-12)9-11-6-3-4-7-11/h8H,3-7,9H2,1-2H3.